The van der Waals surface area contributed by atoms with E-state index >= 15 is 0 Å². The van der Waals surface area contributed by atoms with E-state index in [0.717, 1.165) is 36.2 Å². The molecule has 1 aliphatic carbocycles. The van der Waals surface area contributed by atoms with Crippen molar-refractivity contribution in [2.45, 2.75) is 25.7 Å². The van der Waals surface area contributed by atoms with Crippen LogP contribution in [0.2, 0.25) is 0 Å². The number of benzene rings is 1. The Kier molecular flexibility index (Phi) is 3.67. The summed E-state index contributed by atoms with van der Waals surface area (Å²) < 4.78 is 6.90. The molecular formula is C19H16N6O2. The van der Waals surface area contributed by atoms with Gasteiger partial charge in [-0.25, -0.2) is 4.98 Å². The van der Waals surface area contributed by atoms with E-state index in [4.69, 9.17) is 4.52 Å². The van der Waals surface area contributed by atoms with Crippen molar-refractivity contribution in [3.63, 3.8) is 0 Å². The predicted molar refractivity (Wildman–Crippen MR) is 97.3 cm³/mol. The van der Waals surface area contributed by atoms with Crippen molar-refractivity contribution >= 4 is 17.4 Å². The largest absolute Gasteiger partial charge is 0.351 e. The number of hydrogen-bond acceptors (Lipinski definition) is 6. The van der Waals surface area contributed by atoms with Crippen LogP contribution < -0.4 is 5.32 Å². The summed E-state index contributed by atoms with van der Waals surface area (Å²) >= 11 is 0. The maximum atomic E-state index is 12.0. The fourth-order valence-electron chi connectivity index (χ4n) is 3.37. The third kappa shape index (κ3) is 2.84. The highest BCUT2D eigenvalue weighted by Gasteiger charge is 2.17. The lowest BCUT2D eigenvalue weighted by atomic mass is 10.0. The predicted octanol–water partition coefficient (Wildman–Crippen LogP) is 2.91. The van der Waals surface area contributed by atoms with E-state index in [-0.39, 0.29) is 11.7 Å². The Morgan fingerprint density at radius 3 is 2.74 bits per heavy atom. The molecular weight excluding hydrogens is 344 g/mol. The second kappa shape index (κ2) is 6.31. The van der Waals surface area contributed by atoms with E-state index in [1.54, 1.807) is 0 Å². The quantitative estimate of drug-likeness (QED) is 0.603. The normalized spacial score (nSPS) is 13.5. The molecule has 1 aromatic carbocycles. The minimum absolute atomic E-state index is 0.169. The third-order valence-corrected chi connectivity index (χ3v) is 4.75. The van der Waals surface area contributed by atoms with Crippen molar-refractivity contribution in [1.29, 1.82) is 0 Å². The van der Waals surface area contributed by atoms with E-state index in [0.29, 0.717) is 11.5 Å². The zero-order valence-electron chi connectivity index (χ0n) is 14.4. The van der Waals surface area contributed by atoms with Gasteiger partial charge in [0.2, 0.25) is 5.76 Å². The molecule has 0 saturated carbocycles. The second-order valence-corrected chi connectivity index (χ2v) is 6.50. The van der Waals surface area contributed by atoms with Crippen molar-refractivity contribution in [3.8, 4) is 11.3 Å². The number of aryl methyl sites for hydroxylation is 2. The number of fused-ring (bicyclic) bond motifs is 3. The lowest BCUT2D eigenvalue weighted by Crippen LogP contribution is -2.12. The Morgan fingerprint density at radius 2 is 1.93 bits per heavy atom. The van der Waals surface area contributed by atoms with E-state index in [1.807, 2.05) is 30.5 Å². The number of aromatic nitrogens is 5. The fraction of sp³-hybridized carbons (Fsp3) is 0.211. The summed E-state index contributed by atoms with van der Waals surface area (Å²) in [6.07, 6.45) is 7.76. The molecule has 0 fully saturated rings. The molecule has 1 aliphatic rings. The monoisotopic (exact) mass is 360 g/mol. The maximum Gasteiger partial charge on any atom is 0.294 e. The summed E-state index contributed by atoms with van der Waals surface area (Å²) in [7, 11) is 0. The number of nitrogens with one attached hydrogen (secondary N) is 1. The molecule has 0 bridgehead atoms. The van der Waals surface area contributed by atoms with Crippen LogP contribution in [0.5, 0.6) is 0 Å². The average Bonchev–Trinajstić information content (AvgIpc) is 3.38. The van der Waals surface area contributed by atoms with E-state index in [1.165, 1.54) is 24.4 Å². The molecule has 0 spiro atoms. The molecule has 0 unspecified atom stereocenters. The van der Waals surface area contributed by atoms with Crippen molar-refractivity contribution in [2.75, 3.05) is 5.32 Å². The first-order valence-corrected chi connectivity index (χ1v) is 8.84. The van der Waals surface area contributed by atoms with Crippen LogP contribution in [0.1, 0.15) is 34.8 Å². The molecule has 0 aliphatic heterocycles. The van der Waals surface area contributed by atoms with Crippen LogP contribution in [0.4, 0.5) is 5.69 Å². The number of nitrogens with zero attached hydrogens (tertiary/aromatic N) is 5. The van der Waals surface area contributed by atoms with Gasteiger partial charge < -0.3 is 9.84 Å². The van der Waals surface area contributed by atoms with Crippen LogP contribution in [0.25, 0.3) is 17.0 Å². The fourth-order valence-corrected chi connectivity index (χ4v) is 3.37. The van der Waals surface area contributed by atoms with Gasteiger partial charge in [0.05, 0.1) is 17.6 Å². The number of imidazole rings is 1. The number of amides is 1. The van der Waals surface area contributed by atoms with E-state index in [9.17, 15) is 4.79 Å². The van der Waals surface area contributed by atoms with Gasteiger partial charge in [-0.2, -0.15) is 5.10 Å². The van der Waals surface area contributed by atoms with Gasteiger partial charge in [0.15, 0.2) is 0 Å². The van der Waals surface area contributed by atoms with Gasteiger partial charge in [0, 0.05) is 29.2 Å². The zero-order chi connectivity index (χ0) is 18.2. The summed E-state index contributed by atoms with van der Waals surface area (Å²) in [6.45, 7) is 0. The van der Waals surface area contributed by atoms with Crippen molar-refractivity contribution < 1.29 is 9.32 Å². The number of anilines is 1. The number of carbonyl (C=O) groups is 1. The Balaban J connectivity index is 1.42. The van der Waals surface area contributed by atoms with Crippen LogP contribution in [0.3, 0.4) is 0 Å². The smallest absolute Gasteiger partial charge is 0.294 e. The Labute approximate surface area is 154 Å². The molecule has 27 heavy (non-hydrogen) atoms. The third-order valence-electron chi connectivity index (χ3n) is 4.75. The second-order valence-electron chi connectivity index (χ2n) is 6.50. The number of carbonyl (C=O) groups excluding carboxylic acids is 1. The average molecular weight is 360 g/mol. The minimum Gasteiger partial charge on any atom is -0.351 e. The molecule has 0 saturated heterocycles. The lowest BCUT2D eigenvalue weighted by molar-refractivity contribution is 0.0988. The first kappa shape index (κ1) is 15.7. The van der Waals surface area contributed by atoms with E-state index < -0.39 is 0 Å². The van der Waals surface area contributed by atoms with Gasteiger partial charge in [0.25, 0.3) is 11.7 Å². The molecule has 0 radical (unpaired) electrons. The lowest BCUT2D eigenvalue weighted by Gasteiger charge is -2.14. The summed E-state index contributed by atoms with van der Waals surface area (Å²) in [6, 6.07) is 9.00. The highest BCUT2D eigenvalue weighted by molar-refractivity contribution is 6.02. The Bertz CT molecular complexity index is 1120. The molecule has 3 heterocycles. The van der Waals surface area contributed by atoms with Crippen molar-refractivity contribution in [2.24, 2.45) is 0 Å². The summed E-state index contributed by atoms with van der Waals surface area (Å²) in [5.41, 5.74) is 4.73. The molecule has 0 atom stereocenters. The van der Waals surface area contributed by atoms with Gasteiger partial charge in [-0.1, -0.05) is 17.3 Å². The van der Waals surface area contributed by atoms with Crippen molar-refractivity contribution in [3.05, 3.63) is 59.9 Å². The summed E-state index contributed by atoms with van der Waals surface area (Å²) in [4.78, 5) is 16.6. The summed E-state index contributed by atoms with van der Waals surface area (Å²) in [5.74, 6) is 0.450. The molecule has 1 amide bonds. The van der Waals surface area contributed by atoms with Crippen LogP contribution >= 0.6 is 0 Å². The van der Waals surface area contributed by atoms with Crippen LogP contribution in [-0.2, 0) is 12.8 Å². The highest BCUT2D eigenvalue weighted by atomic mass is 16.5. The topological polar surface area (TPSA) is 98.2 Å². The molecule has 1 N–H and O–H groups in total. The van der Waals surface area contributed by atoms with Crippen LogP contribution in [0.15, 0.2) is 47.2 Å². The molecule has 4 aromatic rings. The van der Waals surface area contributed by atoms with Gasteiger partial charge in [-0.15, -0.1) is 5.10 Å². The van der Waals surface area contributed by atoms with Gasteiger partial charge in [-0.05, 0) is 37.8 Å². The van der Waals surface area contributed by atoms with Gasteiger partial charge in [0.1, 0.15) is 0 Å². The van der Waals surface area contributed by atoms with Crippen LogP contribution in [0, 0.1) is 0 Å². The van der Waals surface area contributed by atoms with Gasteiger partial charge in [-0.3, -0.25) is 9.20 Å². The Morgan fingerprint density at radius 1 is 1.07 bits per heavy atom. The van der Waals surface area contributed by atoms with Crippen LogP contribution in [-0.4, -0.2) is 30.6 Å². The molecule has 3 aromatic heterocycles. The standard InChI is InChI=1S/C19H16N6O2/c26-18(17-9-10-20-27-17)21-13-7-5-12(6-8-13)15-11-25-16-4-2-1-3-14(16)23-24-19(25)22-15/h5-11H,1-4H2,(H,21,26). The first-order chi connectivity index (χ1) is 13.3. The summed E-state index contributed by atoms with van der Waals surface area (Å²) in [5, 5.41) is 14.9. The minimum atomic E-state index is -0.338. The molecule has 134 valence electrons. The Hall–Kier alpha value is -3.55. The number of rotatable bonds is 3. The van der Waals surface area contributed by atoms with E-state index in [2.05, 4.69) is 30.1 Å². The van der Waals surface area contributed by atoms with Gasteiger partial charge >= 0.3 is 0 Å². The van der Waals surface area contributed by atoms with Crippen molar-refractivity contribution in [1.82, 2.24) is 24.7 Å². The molecule has 8 heteroatoms. The first-order valence-electron chi connectivity index (χ1n) is 8.84. The molecule has 5 rings (SSSR count). The molecule has 8 nitrogen and oxygen atoms in total. The highest BCUT2D eigenvalue weighted by Crippen LogP contribution is 2.24. The zero-order valence-corrected chi connectivity index (χ0v) is 14.4. The maximum absolute atomic E-state index is 12.0. The number of hydrogen-bond donors (Lipinski definition) is 1. The SMILES string of the molecule is O=C(Nc1ccc(-c2cn3c4c(nnc3n2)CCCC4)cc1)c1ccno1.